The summed E-state index contributed by atoms with van der Waals surface area (Å²) >= 11 is 0. The molecule has 1 N–H and O–H groups in total. The standard InChI is InChI=1S/C19H30N2/c1-20-19-10-6-5-9-18(19)15-21-13-11-17(12-14-21)16-7-3-2-4-8-16/h2-4,7-8,17-20H,5-6,9-15H2,1H3/t18-,19+/m0/s1. The average molecular weight is 286 g/mol. The van der Waals surface area contributed by atoms with E-state index in [2.05, 4.69) is 47.6 Å². The first-order valence-corrected chi connectivity index (χ1v) is 8.81. The molecular formula is C19H30N2. The fraction of sp³-hybridized carbons (Fsp3) is 0.684. The predicted molar refractivity (Wildman–Crippen MR) is 89.7 cm³/mol. The van der Waals surface area contributed by atoms with E-state index in [1.54, 1.807) is 5.56 Å². The lowest BCUT2D eigenvalue weighted by Gasteiger charge is -2.38. The van der Waals surface area contributed by atoms with Crippen LogP contribution in [-0.4, -0.2) is 37.6 Å². The lowest BCUT2D eigenvalue weighted by molar-refractivity contribution is 0.144. The highest BCUT2D eigenvalue weighted by Crippen LogP contribution is 2.30. The van der Waals surface area contributed by atoms with E-state index in [1.165, 1.54) is 58.2 Å². The van der Waals surface area contributed by atoms with Crippen LogP contribution in [0.4, 0.5) is 0 Å². The normalized spacial score (nSPS) is 28.6. The Morgan fingerprint density at radius 3 is 2.43 bits per heavy atom. The number of piperidine rings is 1. The first kappa shape index (κ1) is 15.1. The maximum absolute atomic E-state index is 3.55. The topological polar surface area (TPSA) is 15.3 Å². The number of hydrogen-bond acceptors (Lipinski definition) is 2. The van der Waals surface area contributed by atoms with Crippen molar-refractivity contribution in [2.75, 3.05) is 26.7 Å². The van der Waals surface area contributed by atoms with Crippen LogP contribution in [0.25, 0.3) is 0 Å². The van der Waals surface area contributed by atoms with E-state index in [0.717, 1.165) is 17.9 Å². The van der Waals surface area contributed by atoms with Gasteiger partial charge >= 0.3 is 0 Å². The van der Waals surface area contributed by atoms with Gasteiger partial charge in [-0.05, 0) is 63.2 Å². The van der Waals surface area contributed by atoms with E-state index < -0.39 is 0 Å². The molecule has 21 heavy (non-hydrogen) atoms. The minimum absolute atomic E-state index is 0.755. The molecule has 2 nitrogen and oxygen atoms in total. The Balaban J connectivity index is 1.49. The Kier molecular flexibility index (Phi) is 5.32. The van der Waals surface area contributed by atoms with Gasteiger partial charge in [0.05, 0.1) is 0 Å². The maximum Gasteiger partial charge on any atom is 0.0104 e. The van der Waals surface area contributed by atoms with Crippen LogP contribution in [0.1, 0.15) is 50.0 Å². The van der Waals surface area contributed by atoms with Crippen molar-refractivity contribution >= 4 is 0 Å². The average Bonchev–Trinajstić information content (AvgIpc) is 2.57. The number of nitrogens with one attached hydrogen (secondary N) is 1. The van der Waals surface area contributed by atoms with Crippen LogP contribution in [0, 0.1) is 5.92 Å². The number of rotatable bonds is 4. The Labute approximate surface area is 129 Å². The quantitative estimate of drug-likeness (QED) is 0.909. The molecule has 2 heteroatoms. The van der Waals surface area contributed by atoms with Crippen LogP contribution in [0.5, 0.6) is 0 Å². The van der Waals surface area contributed by atoms with Crippen LogP contribution in [0.15, 0.2) is 30.3 Å². The third-order valence-corrected chi connectivity index (χ3v) is 5.63. The number of nitrogens with zero attached hydrogens (tertiary/aromatic N) is 1. The summed E-state index contributed by atoms with van der Waals surface area (Å²) < 4.78 is 0. The van der Waals surface area contributed by atoms with Crippen molar-refractivity contribution in [1.82, 2.24) is 10.2 Å². The minimum Gasteiger partial charge on any atom is -0.317 e. The molecule has 0 amide bonds. The SMILES string of the molecule is CN[C@@H]1CCCC[C@H]1CN1CCC(c2ccccc2)CC1. The molecule has 1 heterocycles. The molecule has 0 unspecified atom stereocenters. The Hall–Kier alpha value is -0.860. The molecular weight excluding hydrogens is 256 g/mol. The van der Waals surface area contributed by atoms with Crippen molar-refractivity contribution in [3.63, 3.8) is 0 Å². The highest BCUT2D eigenvalue weighted by atomic mass is 15.1. The molecule has 2 fully saturated rings. The Morgan fingerprint density at radius 2 is 1.71 bits per heavy atom. The Bertz CT molecular complexity index is 409. The van der Waals surface area contributed by atoms with Gasteiger partial charge < -0.3 is 10.2 Å². The first-order valence-electron chi connectivity index (χ1n) is 8.81. The molecule has 2 aliphatic rings. The minimum atomic E-state index is 0.755. The molecule has 3 rings (SSSR count). The summed E-state index contributed by atoms with van der Waals surface area (Å²) in [5.41, 5.74) is 1.54. The van der Waals surface area contributed by atoms with Crippen molar-refractivity contribution in [1.29, 1.82) is 0 Å². The summed E-state index contributed by atoms with van der Waals surface area (Å²) in [5, 5.41) is 3.55. The summed E-state index contributed by atoms with van der Waals surface area (Å²) in [7, 11) is 2.14. The van der Waals surface area contributed by atoms with Gasteiger partial charge in [-0.1, -0.05) is 43.2 Å². The van der Waals surface area contributed by atoms with Gasteiger partial charge in [0.15, 0.2) is 0 Å². The van der Waals surface area contributed by atoms with Crippen molar-refractivity contribution in [2.24, 2.45) is 5.92 Å². The fourth-order valence-electron chi connectivity index (χ4n) is 4.31. The van der Waals surface area contributed by atoms with Gasteiger partial charge in [0.2, 0.25) is 0 Å². The summed E-state index contributed by atoms with van der Waals surface area (Å²) in [6.07, 6.45) is 8.31. The van der Waals surface area contributed by atoms with Gasteiger partial charge in [0.1, 0.15) is 0 Å². The third kappa shape index (κ3) is 3.87. The van der Waals surface area contributed by atoms with Crippen molar-refractivity contribution in [2.45, 2.75) is 50.5 Å². The molecule has 1 saturated carbocycles. The van der Waals surface area contributed by atoms with Crippen LogP contribution < -0.4 is 5.32 Å². The van der Waals surface area contributed by atoms with E-state index in [9.17, 15) is 0 Å². The zero-order valence-corrected chi connectivity index (χ0v) is 13.4. The van der Waals surface area contributed by atoms with Gasteiger partial charge in [-0.25, -0.2) is 0 Å². The molecule has 1 aliphatic carbocycles. The molecule has 0 radical (unpaired) electrons. The second-order valence-electron chi connectivity index (χ2n) is 6.93. The van der Waals surface area contributed by atoms with Crippen LogP contribution in [-0.2, 0) is 0 Å². The van der Waals surface area contributed by atoms with Gasteiger partial charge in [-0.15, -0.1) is 0 Å². The van der Waals surface area contributed by atoms with Crippen LogP contribution in [0.2, 0.25) is 0 Å². The third-order valence-electron chi connectivity index (χ3n) is 5.63. The van der Waals surface area contributed by atoms with Gasteiger partial charge in [0.25, 0.3) is 0 Å². The van der Waals surface area contributed by atoms with Gasteiger partial charge in [-0.2, -0.15) is 0 Å². The number of benzene rings is 1. The van der Waals surface area contributed by atoms with Crippen LogP contribution >= 0.6 is 0 Å². The molecule has 1 saturated heterocycles. The largest absolute Gasteiger partial charge is 0.317 e. The molecule has 1 aromatic carbocycles. The monoisotopic (exact) mass is 286 g/mol. The highest BCUT2D eigenvalue weighted by Gasteiger charge is 2.27. The summed E-state index contributed by atoms with van der Waals surface area (Å²) in [6.45, 7) is 3.88. The second kappa shape index (κ2) is 7.42. The van der Waals surface area contributed by atoms with Crippen molar-refractivity contribution in [3.8, 4) is 0 Å². The molecule has 0 bridgehead atoms. The van der Waals surface area contributed by atoms with E-state index in [4.69, 9.17) is 0 Å². The molecule has 1 aromatic rings. The van der Waals surface area contributed by atoms with E-state index in [0.29, 0.717) is 0 Å². The second-order valence-corrected chi connectivity index (χ2v) is 6.93. The molecule has 0 aromatic heterocycles. The number of hydrogen-bond donors (Lipinski definition) is 1. The maximum atomic E-state index is 3.55. The van der Waals surface area contributed by atoms with E-state index >= 15 is 0 Å². The molecule has 0 spiro atoms. The summed E-state index contributed by atoms with van der Waals surface area (Å²) in [4.78, 5) is 2.72. The van der Waals surface area contributed by atoms with Crippen molar-refractivity contribution < 1.29 is 0 Å². The first-order chi connectivity index (χ1) is 10.4. The van der Waals surface area contributed by atoms with E-state index in [-0.39, 0.29) is 0 Å². The van der Waals surface area contributed by atoms with Crippen molar-refractivity contribution in [3.05, 3.63) is 35.9 Å². The molecule has 116 valence electrons. The van der Waals surface area contributed by atoms with E-state index in [1.807, 2.05) is 0 Å². The molecule has 2 atom stereocenters. The van der Waals surface area contributed by atoms with Crippen LogP contribution in [0.3, 0.4) is 0 Å². The zero-order valence-electron chi connectivity index (χ0n) is 13.4. The highest BCUT2D eigenvalue weighted by molar-refractivity contribution is 5.20. The lowest BCUT2D eigenvalue weighted by atomic mass is 9.83. The predicted octanol–water partition coefficient (Wildman–Crippen LogP) is 3.64. The summed E-state index contributed by atoms with van der Waals surface area (Å²) in [6, 6.07) is 11.9. The smallest absolute Gasteiger partial charge is 0.0104 e. The van der Waals surface area contributed by atoms with Gasteiger partial charge in [-0.3, -0.25) is 0 Å². The van der Waals surface area contributed by atoms with Gasteiger partial charge in [0, 0.05) is 12.6 Å². The fourth-order valence-corrected chi connectivity index (χ4v) is 4.31. The zero-order chi connectivity index (χ0) is 14.5. The molecule has 1 aliphatic heterocycles. The number of likely N-dealkylation sites (tertiary alicyclic amines) is 1. The Morgan fingerprint density at radius 1 is 1.00 bits per heavy atom. The summed E-state index contributed by atoms with van der Waals surface area (Å²) in [5.74, 6) is 1.66. The lowest BCUT2D eigenvalue weighted by Crippen LogP contribution is -2.44.